The third-order valence-electron chi connectivity index (χ3n) is 5.58. The lowest BCUT2D eigenvalue weighted by atomic mass is 9.80. The zero-order chi connectivity index (χ0) is 25.6. The maximum atomic E-state index is 13.3. The van der Waals surface area contributed by atoms with E-state index in [0.29, 0.717) is 12.1 Å². The van der Waals surface area contributed by atoms with Gasteiger partial charge in [-0.25, -0.2) is 4.79 Å². The molecule has 184 valence electrons. The standard InChI is InChI=1S/C22H19F6NO5/c1-10-4-15(14-8-17(33-2)18(34-3)9-16(14)29(10)20(31)32)19(30)11-5-12(21(23,24)25)7-13(6-11)22(26,27)28/h5-10,15H,4H2,1-3H3,(H,31,32). The molecule has 6 nitrogen and oxygen atoms in total. The Morgan fingerprint density at radius 3 is 1.85 bits per heavy atom. The van der Waals surface area contributed by atoms with Gasteiger partial charge in [0.05, 0.1) is 37.0 Å². The van der Waals surface area contributed by atoms with E-state index in [9.17, 15) is 41.0 Å². The average Bonchev–Trinajstić information content (AvgIpc) is 2.75. The van der Waals surface area contributed by atoms with Gasteiger partial charge in [0.2, 0.25) is 0 Å². The smallest absolute Gasteiger partial charge is 0.416 e. The number of carboxylic acid groups (broad SMARTS) is 1. The minimum Gasteiger partial charge on any atom is -0.493 e. The molecule has 1 N–H and O–H groups in total. The highest BCUT2D eigenvalue weighted by molar-refractivity contribution is 6.04. The highest BCUT2D eigenvalue weighted by Crippen LogP contribution is 2.46. The Hall–Kier alpha value is -3.44. The van der Waals surface area contributed by atoms with Crippen LogP contribution in [-0.4, -0.2) is 37.2 Å². The number of fused-ring (bicyclic) bond motifs is 1. The molecule has 2 atom stereocenters. The first-order chi connectivity index (χ1) is 15.7. The van der Waals surface area contributed by atoms with Crippen LogP contribution in [0.4, 0.5) is 36.8 Å². The van der Waals surface area contributed by atoms with E-state index in [1.165, 1.54) is 33.3 Å². The Bertz CT molecular complexity index is 1100. The van der Waals surface area contributed by atoms with Gasteiger partial charge in [0, 0.05) is 17.7 Å². The van der Waals surface area contributed by atoms with Gasteiger partial charge in [0.25, 0.3) is 0 Å². The second-order valence-corrected chi connectivity index (χ2v) is 7.71. The number of alkyl halides is 6. The summed E-state index contributed by atoms with van der Waals surface area (Å²) in [6, 6.07) is 2.46. The summed E-state index contributed by atoms with van der Waals surface area (Å²) < 4.78 is 90.1. The van der Waals surface area contributed by atoms with Crippen LogP contribution in [-0.2, 0) is 12.4 Å². The van der Waals surface area contributed by atoms with E-state index in [0.717, 1.165) is 4.90 Å². The van der Waals surface area contributed by atoms with Gasteiger partial charge in [-0.05, 0) is 43.2 Å². The average molecular weight is 491 g/mol. The molecule has 12 heteroatoms. The highest BCUT2D eigenvalue weighted by Gasteiger charge is 2.41. The van der Waals surface area contributed by atoms with E-state index >= 15 is 0 Å². The number of nitrogens with zero attached hydrogens (tertiary/aromatic N) is 1. The van der Waals surface area contributed by atoms with Crippen molar-refractivity contribution in [2.75, 3.05) is 19.1 Å². The van der Waals surface area contributed by atoms with Crippen LogP contribution in [0, 0.1) is 0 Å². The number of methoxy groups -OCH3 is 2. The van der Waals surface area contributed by atoms with Gasteiger partial charge in [-0.1, -0.05) is 0 Å². The molecule has 0 saturated heterocycles. The number of carbonyl (C=O) groups is 2. The number of hydrogen-bond acceptors (Lipinski definition) is 4. The fourth-order valence-electron chi connectivity index (χ4n) is 4.02. The molecule has 2 unspecified atom stereocenters. The molecule has 2 aromatic rings. The summed E-state index contributed by atoms with van der Waals surface area (Å²) in [5.74, 6) is -2.00. The number of hydrogen-bond donors (Lipinski definition) is 1. The number of rotatable bonds is 4. The largest absolute Gasteiger partial charge is 0.493 e. The SMILES string of the molecule is COc1cc2c(cc1OC)N(C(=O)O)C(C)CC2C(=O)c1cc(C(F)(F)F)cc(C(F)(F)F)c1. The fraction of sp³-hybridized carbons (Fsp3) is 0.364. The normalized spacial score (nSPS) is 18.3. The van der Waals surface area contributed by atoms with Crippen LogP contribution in [0.5, 0.6) is 11.5 Å². The van der Waals surface area contributed by atoms with Gasteiger partial charge in [0.1, 0.15) is 0 Å². The van der Waals surface area contributed by atoms with Gasteiger partial charge in [-0.15, -0.1) is 0 Å². The van der Waals surface area contributed by atoms with E-state index < -0.39 is 52.9 Å². The topological polar surface area (TPSA) is 76.1 Å². The zero-order valence-corrected chi connectivity index (χ0v) is 18.0. The van der Waals surface area contributed by atoms with Crippen molar-refractivity contribution in [1.29, 1.82) is 0 Å². The number of halogens is 6. The van der Waals surface area contributed by atoms with Crippen molar-refractivity contribution < 1.29 is 50.5 Å². The minimum atomic E-state index is -5.12. The molecule has 0 bridgehead atoms. The van der Waals surface area contributed by atoms with Crippen LogP contribution in [0.1, 0.15) is 46.3 Å². The maximum absolute atomic E-state index is 13.3. The molecule has 1 aliphatic heterocycles. The molecule has 0 radical (unpaired) electrons. The first-order valence-electron chi connectivity index (χ1n) is 9.80. The molecule has 2 aromatic carbocycles. The summed E-state index contributed by atoms with van der Waals surface area (Å²) in [5, 5.41) is 9.66. The van der Waals surface area contributed by atoms with Gasteiger partial charge in [0.15, 0.2) is 17.3 Å². The Kier molecular flexibility index (Phi) is 6.47. The second-order valence-electron chi connectivity index (χ2n) is 7.71. The Morgan fingerprint density at radius 1 is 0.912 bits per heavy atom. The lowest BCUT2D eigenvalue weighted by molar-refractivity contribution is -0.143. The monoisotopic (exact) mass is 491 g/mol. The number of carbonyl (C=O) groups excluding carboxylic acids is 1. The van der Waals surface area contributed by atoms with Crippen LogP contribution < -0.4 is 14.4 Å². The number of benzene rings is 2. The predicted molar refractivity (Wildman–Crippen MR) is 108 cm³/mol. The van der Waals surface area contributed by atoms with Gasteiger partial charge in [-0.2, -0.15) is 26.3 Å². The van der Waals surface area contributed by atoms with Crippen molar-refractivity contribution >= 4 is 17.6 Å². The third-order valence-corrected chi connectivity index (χ3v) is 5.58. The van der Waals surface area contributed by atoms with E-state index in [2.05, 4.69) is 0 Å². The minimum absolute atomic E-state index is 0.0188. The lowest BCUT2D eigenvalue weighted by Crippen LogP contribution is -2.43. The number of amides is 1. The van der Waals surface area contributed by atoms with Gasteiger partial charge >= 0.3 is 18.4 Å². The molecule has 1 amide bonds. The van der Waals surface area contributed by atoms with Gasteiger partial charge in [-0.3, -0.25) is 9.69 Å². The number of Topliss-reactive ketones (excluding diaryl/α,β-unsaturated/α-hetero) is 1. The lowest BCUT2D eigenvalue weighted by Gasteiger charge is -2.37. The molecule has 0 fully saturated rings. The Morgan fingerprint density at radius 2 is 1.41 bits per heavy atom. The van der Waals surface area contributed by atoms with E-state index in [4.69, 9.17) is 9.47 Å². The Labute approximate surface area is 189 Å². The summed E-state index contributed by atoms with van der Waals surface area (Å²) in [4.78, 5) is 26.1. The fourth-order valence-corrected chi connectivity index (χ4v) is 4.02. The molecule has 0 spiro atoms. The second kappa shape index (κ2) is 8.73. The van der Waals surface area contributed by atoms with Crippen LogP contribution >= 0.6 is 0 Å². The Balaban J connectivity index is 2.22. The molecular weight excluding hydrogens is 472 g/mol. The number of anilines is 1. The van der Waals surface area contributed by atoms with E-state index in [1.807, 2.05) is 0 Å². The quantitative estimate of drug-likeness (QED) is 0.421. The van der Waals surface area contributed by atoms with Crippen molar-refractivity contribution in [1.82, 2.24) is 0 Å². The molecule has 0 aliphatic carbocycles. The van der Waals surface area contributed by atoms with Crippen LogP contribution in [0.2, 0.25) is 0 Å². The molecule has 3 rings (SSSR count). The predicted octanol–water partition coefficient (Wildman–Crippen LogP) is 5.98. The molecular formula is C22H19F6NO5. The summed E-state index contributed by atoms with van der Waals surface area (Å²) >= 11 is 0. The maximum Gasteiger partial charge on any atom is 0.416 e. The highest BCUT2D eigenvalue weighted by atomic mass is 19.4. The van der Waals surface area contributed by atoms with Crippen molar-refractivity contribution in [3.8, 4) is 11.5 Å². The zero-order valence-electron chi connectivity index (χ0n) is 18.0. The van der Waals surface area contributed by atoms with Crippen LogP contribution in [0.15, 0.2) is 30.3 Å². The van der Waals surface area contributed by atoms with Crippen molar-refractivity contribution in [3.63, 3.8) is 0 Å². The molecule has 1 heterocycles. The number of ether oxygens (including phenoxy) is 2. The molecule has 0 saturated carbocycles. The number of ketones is 1. The summed E-state index contributed by atoms with van der Waals surface area (Å²) in [6.07, 6.45) is -11.8. The van der Waals surface area contributed by atoms with E-state index in [1.54, 1.807) is 0 Å². The van der Waals surface area contributed by atoms with E-state index in [-0.39, 0.29) is 35.2 Å². The van der Waals surface area contributed by atoms with Crippen molar-refractivity contribution in [2.45, 2.75) is 37.7 Å². The van der Waals surface area contributed by atoms with Crippen LogP contribution in [0.25, 0.3) is 0 Å². The van der Waals surface area contributed by atoms with Crippen LogP contribution in [0.3, 0.4) is 0 Å². The molecule has 0 aromatic heterocycles. The van der Waals surface area contributed by atoms with Crippen molar-refractivity contribution in [2.24, 2.45) is 0 Å². The summed E-state index contributed by atoms with van der Waals surface area (Å²) in [5.41, 5.74) is -3.92. The van der Waals surface area contributed by atoms with Crippen molar-refractivity contribution in [3.05, 3.63) is 52.6 Å². The molecule has 34 heavy (non-hydrogen) atoms. The first-order valence-corrected chi connectivity index (χ1v) is 9.80. The third kappa shape index (κ3) is 4.62. The summed E-state index contributed by atoms with van der Waals surface area (Å²) in [6.45, 7) is 1.47. The molecule has 1 aliphatic rings. The van der Waals surface area contributed by atoms with Gasteiger partial charge < -0.3 is 14.6 Å². The first kappa shape index (κ1) is 25.2. The summed E-state index contributed by atoms with van der Waals surface area (Å²) in [7, 11) is 2.58.